The number of hydrogen-bond acceptors (Lipinski definition) is 4. The van der Waals surface area contributed by atoms with Gasteiger partial charge in [0.1, 0.15) is 0 Å². The summed E-state index contributed by atoms with van der Waals surface area (Å²) in [5.41, 5.74) is 3.51. The van der Waals surface area contributed by atoms with Gasteiger partial charge in [0.25, 0.3) is 0 Å². The van der Waals surface area contributed by atoms with Crippen molar-refractivity contribution in [3.8, 4) is 5.75 Å². The van der Waals surface area contributed by atoms with Crippen LogP contribution >= 0.6 is 0 Å². The van der Waals surface area contributed by atoms with Gasteiger partial charge in [-0.05, 0) is 37.5 Å². The third-order valence-corrected chi connectivity index (χ3v) is 2.77. The summed E-state index contributed by atoms with van der Waals surface area (Å²) in [7, 11) is 1.44. The van der Waals surface area contributed by atoms with Crippen molar-refractivity contribution in [1.82, 2.24) is 5.43 Å². The molecule has 18 heavy (non-hydrogen) atoms. The van der Waals surface area contributed by atoms with Crippen LogP contribution in [0.25, 0.3) is 0 Å². The van der Waals surface area contributed by atoms with Crippen molar-refractivity contribution in [2.24, 2.45) is 5.84 Å². The number of hydrogen-bond donors (Lipinski definition) is 2. The van der Waals surface area contributed by atoms with Gasteiger partial charge in [-0.1, -0.05) is 6.07 Å². The van der Waals surface area contributed by atoms with Crippen molar-refractivity contribution in [2.75, 3.05) is 20.3 Å². The summed E-state index contributed by atoms with van der Waals surface area (Å²) < 4.78 is 23.7. The van der Waals surface area contributed by atoms with Gasteiger partial charge in [0.05, 0.1) is 7.11 Å². The minimum atomic E-state index is -0.375. The van der Waals surface area contributed by atoms with Gasteiger partial charge in [0, 0.05) is 19.3 Å². The molecule has 0 aromatic heterocycles. The van der Waals surface area contributed by atoms with E-state index in [-0.39, 0.29) is 17.6 Å². The van der Waals surface area contributed by atoms with E-state index in [0.29, 0.717) is 13.2 Å². The highest BCUT2D eigenvalue weighted by molar-refractivity contribution is 5.30. The molecule has 0 fully saturated rings. The zero-order chi connectivity index (χ0) is 13.4. The van der Waals surface area contributed by atoms with Crippen LogP contribution in [-0.2, 0) is 4.74 Å². The van der Waals surface area contributed by atoms with Gasteiger partial charge in [0.2, 0.25) is 0 Å². The third-order valence-electron chi connectivity index (χ3n) is 2.77. The molecule has 102 valence electrons. The lowest BCUT2D eigenvalue weighted by Crippen LogP contribution is -2.28. The summed E-state index contributed by atoms with van der Waals surface area (Å²) in [5, 5.41) is 0. The highest BCUT2D eigenvalue weighted by atomic mass is 19.1. The molecule has 0 radical (unpaired) electrons. The molecule has 1 atom stereocenters. The molecule has 4 nitrogen and oxygen atoms in total. The molecule has 1 aromatic rings. The Morgan fingerprint density at radius 1 is 1.44 bits per heavy atom. The van der Waals surface area contributed by atoms with Crippen molar-refractivity contribution in [2.45, 2.75) is 25.8 Å². The first kappa shape index (κ1) is 14.9. The predicted molar refractivity (Wildman–Crippen MR) is 68.7 cm³/mol. The fraction of sp³-hybridized carbons (Fsp3) is 0.538. The molecular formula is C13H21FN2O2. The molecule has 0 aliphatic carbocycles. The monoisotopic (exact) mass is 256 g/mol. The zero-order valence-electron chi connectivity index (χ0n) is 10.9. The van der Waals surface area contributed by atoms with Crippen molar-refractivity contribution in [3.05, 3.63) is 29.6 Å². The molecule has 5 heteroatoms. The molecule has 1 rings (SSSR count). The molecule has 0 aliphatic heterocycles. The topological polar surface area (TPSA) is 56.5 Å². The fourth-order valence-electron chi connectivity index (χ4n) is 1.78. The van der Waals surface area contributed by atoms with Gasteiger partial charge >= 0.3 is 0 Å². The smallest absolute Gasteiger partial charge is 0.165 e. The number of rotatable bonds is 8. The van der Waals surface area contributed by atoms with E-state index in [1.54, 1.807) is 6.07 Å². The van der Waals surface area contributed by atoms with E-state index in [0.717, 1.165) is 18.4 Å². The Balaban J connectivity index is 2.61. The first-order valence-electron chi connectivity index (χ1n) is 6.10. The van der Waals surface area contributed by atoms with Gasteiger partial charge in [-0.15, -0.1) is 0 Å². The number of hydrazine groups is 1. The van der Waals surface area contributed by atoms with Crippen LogP contribution in [-0.4, -0.2) is 20.3 Å². The van der Waals surface area contributed by atoms with Crippen LogP contribution in [0.1, 0.15) is 31.4 Å². The van der Waals surface area contributed by atoms with Crippen LogP contribution in [0.2, 0.25) is 0 Å². The van der Waals surface area contributed by atoms with Gasteiger partial charge in [-0.3, -0.25) is 11.3 Å². The number of nitrogens with one attached hydrogen (secondary N) is 1. The first-order valence-corrected chi connectivity index (χ1v) is 6.10. The van der Waals surface area contributed by atoms with Crippen LogP contribution in [0, 0.1) is 5.82 Å². The van der Waals surface area contributed by atoms with Gasteiger partial charge in [0.15, 0.2) is 11.6 Å². The lowest BCUT2D eigenvalue weighted by molar-refractivity contribution is 0.141. The normalized spacial score (nSPS) is 12.4. The van der Waals surface area contributed by atoms with E-state index in [4.69, 9.17) is 15.3 Å². The Kier molecular flexibility index (Phi) is 6.64. The summed E-state index contributed by atoms with van der Waals surface area (Å²) in [6, 6.07) is 4.79. The second-order valence-electron chi connectivity index (χ2n) is 3.95. The molecule has 0 saturated carbocycles. The van der Waals surface area contributed by atoms with Gasteiger partial charge in [-0.2, -0.15) is 0 Å². The van der Waals surface area contributed by atoms with Crippen molar-refractivity contribution >= 4 is 0 Å². The lowest BCUT2D eigenvalue weighted by atomic mass is 10.0. The molecule has 0 amide bonds. The summed E-state index contributed by atoms with van der Waals surface area (Å²) in [6.45, 7) is 3.35. The molecule has 1 unspecified atom stereocenters. The summed E-state index contributed by atoms with van der Waals surface area (Å²) in [5.74, 6) is 5.36. The largest absolute Gasteiger partial charge is 0.494 e. The van der Waals surface area contributed by atoms with E-state index in [1.165, 1.54) is 13.2 Å². The van der Waals surface area contributed by atoms with Gasteiger partial charge in [-0.25, -0.2) is 4.39 Å². The van der Waals surface area contributed by atoms with Crippen LogP contribution in [0.3, 0.4) is 0 Å². The zero-order valence-corrected chi connectivity index (χ0v) is 10.9. The van der Waals surface area contributed by atoms with Crippen LogP contribution in [0.4, 0.5) is 4.39 Å². The second-order valence-corrected chi connectivity index (χ2v) is 3.95. The predicted octanol–water partition coefficient (Wildman–Crippen LogP) is 2.16. The maximum atomic E-state index is 13.6. The maximum Gasteiger partial charge on any atom is 0.165 e. The molecule has 1 aromatic carbocycles. The lowest BCUT2D eigenvalue weighted by Gasteiger charge is -2.17. The van der Waals surface area contributed by atoms with E-state index < -0.39 is 0 Å². The average Bonchev–Trinajstić information content (AvgIpc) is 2.39. The number of methoxy groups -OCH3 is 1. The van der Waals surface area contributed by atoms with Crippen LogP contribution < -0.4 is 16.0 Å². The van der Waals surface area contributed by atoms with E-state index in [2.05, 4.69) is 5.43 Å². The highest BCUT2D eigenvalue weighted by Crippen LogP contribution is 2.23. The quantitative estimate of drug-likeness (QED) is 0.425. The number of nitrogens with two attached hydrogens (primary N) is 1. The van der Waals surface area contributed by atoms with E-state index >= 15 is 0 Å². The Morgan fingerprint density at radius 3 is 2.78 bits per heavy atom. The third kappa shape index (κ3) is 4.25. The first-order chi connectivity index (χ1) is 8.72. The van der Waals surface area contributed by atoms with Crippen LogP contribution in [0.15, 0.2) is 18.2 Å². The minimum Gasteiger partial charge on any atom is -0.494 e. The molecule has 3 N–H and O–H groups in total. The second kappa shape index (κ2) is 8.02. The van der Waals surface area contributed by atoms with Crippen molar-refractivity contribution in [3.63, 3.8) is 0 Å². The van der Waals surface area contributed by atoms with E-state index in [1.807, 2.05) is 13.0 Å². The summed E-state index contributed by atoms with van der Waals surface area (Å²) >= 11 is 0. The molecule has 0 bridgehead atoms. The maximum absolute atomic E-state index is 13.6. The standard InChI is InChI=1S/C13H21FN2O2/c1-3-18-8-4-5-12(16-15)10-6-7-13(17-2)11(14)9-10/h6-7,9,12,16H,3-5,8,15H2,1-2H3. The molecule has 0 aliphatic rings. The molecule has 0 heterocycles. The Labute approximate surface area is 107 Å². The average molecular weight is 256 g/mol. The molecule has 0 spiro atoms. The Morgan fingerprint density at radius 2 is 2.22 bits per heavy atom. The number of benzene rings is 1. The summed E-state index contributed by atoms with van der Waals surface area (Å²) in [4.78, 5) is 0. The highest BCUT2D eigenvalue weighted by Gasteiger charge is 2.12. The molecule has 0 saturated heterocycles. The van der Waals surface area contributed by atoms with Crippen molar-refractivity contribution in [1.29, 1.82) is 0 Å². The Bertz CT molecular complexity index is 361. The SMILES string of the molecule is CCOCCCC(NN)c1ccc(OC)c(F)c1. The summed E-state index contributed by atoms with van der Waals surface area (Å²) in [6.07, 6.45) is 1.67. The number of halogens is 1. The number of ether oxygens (including phenoxy) is 2. The minimum absolute atomic E-state index is 0.0779. The Hall–Kier alpha value is -1.17. The molecular weight excluding hydrogens is 235 g/mol. The fourth-order valence-corrected chi connectivity index (χ4v) is 1.78. The van der Waals surface area contributed by atoms with Gasteiger partial charge < -0.3 is 9.47 Å². The van der Waals surface area contributed by atoms with Crippen molar-refractivity contribution < 1.29 is 13.9 Å². The van der Waals surface area contributed by atoms with E-state index in [9.17, 15) is 4.39 Å². The van der Waals surface area contributed by atoms with Crippen LogP contribution in [0.5, 0.6) is 5.75 Å².